The van der Waals surface area contributed by atoms with Gasteiger partial charge in [-0.25, -0.2) is 0 Å². The molecule has 2 heteroatoms. The molecule has 0 saturated heterocycles. The molecular formula is C17H17NS. The van der Waals surface area contributed by atoms with Crippen molar-refractivity contribution in [3.8, 4) is 6.07 Å². The minimum atomic E-state index is 0.255. The lowest BCUT2D eigenvalue weighted by Crippen LogP contribution is -1.95. The summed E-state index contributed by atoms with van der Waals surface area (Å²) in [5.41, 5.74) is 3.91. The Morgan fingerprint density at radius 2 is 1.74 bits per heavy atom. The number of hydrogen-bond acceptors (Lipinski definition) is 2. The van der Waals surface area contributed by atoms with Gasteiger partial charge in [-0.1, -0.05) is 54.6 Å². The third-order valence-corrected chi connectivity index (χ3v) is 4.47. The zero-order chi connectivity index (χ0) is 13.5. The molecule has 19 heavy (non-hydrogen) atoms. The van der Waals surface area contributed by atoms with E-state index in [0.29, 0.717) is 6.42 Å². The van der Waals surface area contributed by atoms with E-state index in [0.717, 1.165) is 5.75 Å². The summed E-state index contributed by atoms with van der Waals surface area (Å²) in [5, 5.41) is 9.24. The van der Waals surface area contributed by atoms with Gasteiger partial charge >= 0.3 is 0 Å². The van der Waals surface area contributed by atoms with Crippen molar-refractivity contribution in [1.29, 1.82) is 5.26 Å². The maximum absolute atomic E-state index is 8.99. The van der Waals surface area contributed by atoms with Crippen LogP contribution in [-0.2, 0) is 5.75 Å². The summed E-state index contributed by atoms with van der Waals surface area (Å²) in [4.78, 5) is 0. The minimum Gasteiger partial charge on any atom is -0.198 e. The first-order valence-electron chi connectivity index (χ1n) is 6.39. The molecule has 0 aliphatic carbocycles. The van der Waals surface area contributed by atoms with Crippen LogP contribution in [0.4, 0.5) is 0 Å². The molecular weight excluding hydrogens is 250 g/mol. The van der Waals surface area contributed by atoms with Gasteiger partial charge in [0.25, 0.3) is 0 Å². The van der Waals surface area contributed by atoms with E-state index in [-0.39, 0.29) is 5.25 Å². The van der Waals surface area contributed by atoms with Gasteiger partial charge in [0, 0.05) is 11.0 Å². The van der Waals surface area contributed by atoms with E-state index in [9.17, 15) is 0 Å². The molecule has 96 valence electrons. The molecule has 0 aromatic heterocycles. The highest BCUT2D eigenvalue weighted by Crippen LogP contribution is 2.34. The van der Waals surface area contributed by atoms with Gasteiger partial charge in [-0.05, 0) is 23.6 Å². The second kappa shape index (κ2) is 7.01. The summed E-state index contributed by atoms with van der Waals surface area (Å²) in [6.07, 6.45) is 0.556. The molecule has 0 aliphatic heterocycles. The molecule has 0 aliphatic rings. The van der Waals surface area contributed by atoms with E-state index in [1.165, 1.54) is 16.7 Å². The van der Waals surface area contributed by atoms with Crippen molar-refractivity contribution in [1.82, 2.24) is 0 Å². The van der Waals surface area contributed by atoms with Crippen LogP contribution in [0.1, 0.15) is 28.4 Å². The predicted molar refractivity (Wildman–Crippen MR) is 81.9 cm³/mol. The monoisotopic (exact) mass is 267 g/mol. The van der Waals surface area contributed by atoms with Gasteiger partial charge in [0.05, 0.1) is 12.5 Å². The number of rotatable bonds is 5. The van der Waals surface area contributed by atoms with Crippen molar-refractivity contribution in [3.05, 3.63) is 71.3 Å². The lowest BCUT2D eigenvalue weighted by molar-refractivity contribution is 0.977. The Balaban J connectivity index is 2.07. The maximum Gasteiger partial charge on any atom is 0.0636 e. The largest absolute Gasteiger partial charge is 0.198 e. The Bertz CT molecular complexity index is 557. The zero-order valence-electron chi connectivity index (χ0n) is 11.0. The van der Waals surface area contributed by atoms with Crippen LogP contribution in [0.2, 0.25) is 0 Å². The summed E-state index contributed by atoms with van der Waals surface area (Å²) in [6, 6.07) is 21.0. The number of benzene rings is 2. The van der Waals surface area contributed by atoms with E-state index in [1.807, 2.05) is 30.0 Å². The number of aryl methyl sites for hydroxylation is 1. The number of nitrogens with zero attached hydrogens (tertiary/aromatic N) is 1. The van der Waals surface area contributed by atoms with Gasteiger partial charge < -0.3 is 0 Å². The number of nitriles is 1. The van der Waals surface area contributed by atoms with Crippen LogP contribution in [-0.4, -0.2) is 0 Å². The number of hydrogen-bond donors (Lipinski definition) is 0. The fourth-order valence-corrected chi connectivity index (χ4v) is 3.23. The molecule has 1 atom stereocenters. The summed E-state index contributed by atoms with van der Waals surface area (Å²) < 4.78 is 0. The molecule has 0 bridgehead atoms. The highest BCUT2D eigenvalue weighted by Gasteiger charge is 2.12. The van der Waals surface area contributed by atoms with Crippen LogP contribution in [0.25, 0.3) is 0 Å². The van der Waals surface area contributed by atoms with E-state index < -0.39 is 0 Å². The van der Waals surface area contributed by atoms with Crippen molar-refractivity contribution in [2.24, 2.45) is 0 Å². The Morgan fingerprint density at radius 3 is 2.42 bits per heavy atom. The molecule has 0 spiro atoms. The standard InChI is InChI=1S/C17H17NS/c1-14-7-5-6-10-16(14)13-19-17(11-12-18)15-8-3-2-4-9-15/h2-10,17H,11,13H2,1H3. The molecule has 2 aromatic rings. The fourth-order valence-electron chi connectivity index (χ4n) is 1.99. The lowest BCUT2D eigenvalue weighted by Gasteiger charge is -2.14. The van der Waals surface area contributed by atoms with Crippen molar-refractivity contribution >= 4 is 11.8 Å². The molecule has 2 rings (SSSR count). The Labute approximate surface area is 119 Å². The summed E-state index contributed by atoms with van der Waals surface area (Å²) in [6.45, 7) is 2.14. The average Bonchev–Trinajstić information content (AvgIpc) is 2.46. The van der Waals surface area contributed by atoms with E-state index in [4.69, 9.17) is 5.26 Å². The molecule has 0 heterocycles. The third kappa shape index (κ3) is 3.87. The SMILES string of the molecule is Cc1ccccc1CSC(CC#N)c1ccccc1. The van der Waals surface area contributed by atoms with Crippen LogP contribution < -0.4 is 0 Å². The van der Waals surface area contributed by atoms with Crippen molar-refractivity contribution in [2.45, 2.75) is 24.3 Å². The first kappa shape index (κ1) is 13.7. The molecule has 0 radical (unpaired) electrons. The normalized spacial score (nSPS) is 11.8. The second-order valence-corrected chi connectivity index (χ2v) is 5.69. The van der Waals surface area contributed by atoms with Gasteiger partial charge in [-0.3, -0.25) is 0 Å². The highest BCUT2D eigenvalue weighted by atomic mass is 32.2. The maximum atomic E-state index is 8.99. The molecule has 1 unspecified atom stereocenters. The van der Waals surface area contributed by atoms with Crippen LogP contribution in [0.5, 0.6) is 0 Å². The number of thioether (sulfide) groups is 1. The van der Waals surface area contributed by atoms with Crippen LogP contribution in [0, 0.1) is 18.3 Å². The van der Waals surface area contributed by atoms with Crippen molar-refractivity contribution in [2.75, 3.05) is 0 Å². The first-order valence-corrected chi connectivity index (χ1v) is 7.44. The van der Waals surface area contributed by atoms with Crippen LogP contribution in [0.3, 0.4) is 0 Å². The van der Waals surface area contributed by atoms with E-state index in [1.54, 1.807) is 0 Å². The minimum absolute atomic E-state index is 0.255. The van der Waals surface area contributed by atoms with Gasteiger partial charge in [-0.2, -0.15) is 5.26 Å². The first-order chi connectivity index (χ1) is 9.31. The summed E-state index contributed by atoms with van der Waals surface area (Å²) in [5.74, 6) is 0.952. The Morgan fingerprint density at radius 1 is 1.05 bits per heavy atom. The summed E-state index contributed by atoms with van der Waals surface area (Å²) >= 11 is 1.84. The van der Waals surface area contributed by atoms with E-state index in [2.05, 4.69) is 49.4 Å². The molecule has 0 fully saturated rings. The topological polar surface area (TPSA) is 23.8 Å². The predicted octanol–water partition coefficient (Wildman–Crippen LogP) is 4.88. The lowest BCUT2D eigenvalue weighted by atomic mass is 10.1. The van der Waals surface area contributed by atoms with Gasteiger partial charge in [-0.15, -0.1) is 11.8 Å². The average molecular weight is 267 g/mol. The van der Waals surface area contributed by atoms with Crippen molar-refractivity contribution < 1.29 is 0 Å². The fraction of sp³-hybridized carbons (Fsp3) is 0.235. The molecule has 2 aromatic carbocycles. The molecule has 0 amide bonds. The Hall–Kier alpha value is -1.72. The second-order valence-electron chi connectivity index (χ2n) is 4.50. The molecule has 0 saturated carbocycles. The van der Waals surface area contributed by atoms with Gasteiger partial charge in [0.2, 0.25) is 0 Å². The third-order valence-electron chi connectivity index (χ3n) is 3.15. The highest BCUT2D eigenvalue weighted by molar-refractivity contribution is 7.98. The van der Waals surface area contributed by atoms with Gasteiger partial charge in [0.1, 0.15) is 0 Å². The molecule has 1 nitrogen and oxygen atoms in total. The van der Waals surface area contributed by atoms with Crippen LogP contribution >= 0.6 is 11.8 Å². The smallest absolute Gasteiger partial charge is 0.0636 e. The van der Waals surface area contributed by atoms with Crippen molar-refractivity contribution in [3.63, 3.8) is 0 Å². The Kier molecular flexibility index (Phi) is 5.06. The van der Waals surface area contributed by atoms with Crippen LogP contribution in [0.15, 0.2) is 54.6 Å². The van der Waals surface area contributed by atoms with E-state index >= 15 is 0 Å². The quantitative estimate of drug-likeness (QED) is 0.770. The van der Waals surface area contributed by atoms with Gasteiger partial charge in [0.15, 0.2) is 0 Å². The molecule has 0 N–H and O–H groups in total. The summed E-state index contributed by atoms with van der Waals surface area (Å²) in [7, 11) is 0. The zero-order valence-corrected chi connectivity index (χ0v) is 11.9.